The van der Waals surface area contributed by atoms with Crippen molar-refractivity contribution >= 4 is 35.8 Å². The molecule has 2 N–H and O–H groups in total. The number of aliphatic imine (C=N–C) groups is 1. The molecule has 140 valence electrons. The van der Waals surface area contributed by atoms with Crippen LogP contribution in [0.5, 0.6) is 0 Å². The quantitative estimate of drug-likeness (QED) is 0.391. The Morgan fingerprint density at radius 2 is 1.88 bits per heavy atom. The van der Waals surface area contributed by atoms with Crippen molar-refractivity contribution in [3.8, 4) is 0 Å². The first-order valence-electron chi connectivity index (χ1n) is 9.01. The molecule has 1 aliphatic carbocycles. The van der Waals surface area contributed by atoms with Gasteiger partial charge in [0.2, 0.25) is 5.91 Å². The van der Waals surface area contributed by atoms with Crippen LogP contribution in [0.15, 0.2) is 35.3 Å². The van der Waals surface area contributed by atoms with Crippen LogP contribution in [0.2, 0.25) is 0 Å². The Morgan fingerprint density at radius 1 is 1.20 bits per heavy atom. The van der Waals surface area contributed by atoms with Crippen LogP contribution < -0.4 is 10.6 Å². The number of carbonyl (C=O) groups is 1. The number of amides is 1. The van der Waals surface area contributed by atoms with Crippen LogP contribution in [0.1, 0.15) is 44.6 Å². The summed E-state index contributed by atoms with van der Waals surface area (Å²) in [6.07, 6.45) is 5.93. The second kappa shape index (κ2) is 12.1. The number of halogens is 1. The largest absolute Gasteiger partial charge is 0.357 e. The summed E-state index contributed by atoms with van der Waals surface area (Å²) in [5.41, 5.74) is 1.22. The average molecular weight is 458 g/mol. The fraction of sp³-hybridized carbons (Fsp3) is 0.579. The van der Waals surface area contributed by atoms with Gasteiger partial charge in [-0.2, -0.15) is 0 Å². The molecule has 6 heteroatoms. The van der Waals surface area contributed by atoms with Gasteiger partial charge in [-0.1, -0.05) is 49.6 Å². The van der Waals surface area contributed by atoms with E-state index in [0.29, 0.717) is 6.04 Å². The summed E-state index contributed by atoms with van der Waals surface area (Å²) in [5, 5.41) is 6.37. The lowest BCUT2D eigenvalue weighted by Gasteiger charge is -2.23. The number of hydrogen-bond acceptors (Lipinski definition) is 2. The van der Waals surface area contributed by atoms with E-state index in [4.69, 9.17) is 0 Å². The van der Waals surface area contributed by atoms with Gasteiger partial charge >= 0.3 is 0 Å². The number of nitrogens with one attached hydrogen (secondary N) is 2. The van der Waals surface area contributed by atoms with E-state index in [2.05, 4.69) is 27.8 Å². The number of nitrogens with zero attached hydrogens (tertiary/aromatic N) is 2. The highest BCUT2D eigenvalue weighted by Gasteiger charge is 2.15. The number of guanidine groups is 1. The van der Waals surface area contributed by atoms with Crippen molar-refractivity contribution in [1.82, 2.24) is 15.5 Å². The van der Waals surface area contributed by atoms with Gasteiger partial charge in [0, 0.05) is 26.2 Å². The Bertz CT molecular complexity index is 529. The highest BCUT2D eigenvalue weighted by molar-refractivity contribution is 14.0. The minimum atomic E-state index is 0. The van der Waals surface area contributed by atoms with Crippen LogP contribution in [-0.2, 0) is 11.3 Å². The van der Waals surface area contributed by atoms with E-state index in [-0.39, 0.29) is 36.4 Å². The zero-order valence-electron chi connectivity index (χ0n) is 15.3. The minimum absolute atomic E-state index is 0. The molecule has 0 spiro atoms. The van der Waals surface area contributed by atoms with Gasteiger partial charge < -0.3 is 15.5 Å². The molecule has 2 rings (SSSR count). The predicted octanol–water partition coefficient (Wildman–Crippen LogP) is 3.15. The molecular formula is C19H31IN4O. The highest BCUT2D eigenvalue weighted by atomic mass is 127. The van der Waals surface area contributed by atoms with Crippen LogP contribution in [0, 0.1) is 0 Å². The van der Waals surface area contributed by atoms with Crippen LogP contribution in [-0.4, -0.2) is 42.9 Å². The van der Waals surface area contributed by atoms with E-state index in [0.717, 1.165) is 31.9 Å². The second-order valence-electron chi connectivity index (χ2n) is 6.41. The van der Waals surface area contributed by atoms with Crippen molar-refractivity contribution in [2.75, 3.05) is 20.1 Å². The molecule has 1 amide bonds. The van der Waals surface area contributed by atoms with Crippen molar-refractivity contribution in [2.45, 2.75) is 51.6 Å². The molecule has 1 aromatic carbocycles. The number of benzene rings is 1. The molecule has 1 saturated carbocycles. The van der Waals surface area contributed by atoms with Crippen molar-refractivity contribution < 1.29 is 4.79 Å². The molecule has 0 heterocycles. The second-order valence-corrected chi connectivity index (χ2v) is 6.41. The summed E-state index contributed by atoms with van der Waals surface area (Å²) in [4.78, 5) is 18.7. The molecule has 1 aromatic rings. The smallest absolute Gasteiger partial charge is 0.242 e. The third-order valence-corrected chi connectivity index (χ3v) is 4.30. The van der Waals surface area contributed by atoms with Crippen LogP contribution >= 0.6 is 24.0 Å². The first-order valence-corrected chi connectivity index (χ1v) is 9.01. The van der Waals surface area contributed by atoms with Crippen molar-refractivity contribution in [2.24, 2.45) is 4.99 Å². The lowest BCUT2D eigenvalue weighted by atomic mass is 9.95. The Balaban J connectivity index is 0.00000312. The summed E-state index contributed by atoms with van der Waals surface area (Å²) in [6.45, 7) is 3.76. The molecule has 0 aliphatic heterocycles. The Kier molecular flexibility index (Phi) is 10.5. The standard InChI is InChI=1S/C19H30N4O.HI/c1-3-20-19(23(2)15-16-10-6-4-7-11-16)21-14-18(24)22-17-12-8-5-9-13-17;/h4,6-7,10-11,17H,3,5,8-9,12-15H2,1-2H3,(H,20,21)(H,22,24);1H. The van der Waals surface area contributed by atoms with Gasteiger partial charge in [-0.05, 0) is 25.3 Å². The number of hydrogen-bond donors (Lipinski definition) is 2. The average Bonchev–Trinajstić information content (AvgIpc) is 2.60. The lowest BCUT2D eigenvalue weighted by Crippen LogP contribution is -2.41. The third-order valence-electron chi connectivity index (χ3n) is 4.30. The summed E-state index contributed by atoms with van der Waals surface area (Å²) in [5.74, 6) is 0.783. The van der Waals surface area contributed by atoms with Gasteiger partial charge in [-0.25, -0.2) is 4.99 Å². The van der Waals surface area contributed by atoms with Crippen molar-refractivity contribution in [3.05, 3.63) is 35.9 Å². The van der Waals surface area contributed by atoms with E-state index >= 15 is 0 Å². The van der Waals surface area contributed by atoms with Gasteiger partial charge in [-0.15, -0.1) is 24.0 Å². The summed E-state index contributed by atoms with van der Waals surface area (Å²) < 4.78 is 0. The van der Waals surface area contributed by atoms with Crippen LogP contribution in [0.25, 0.3) is 0 Å². The monoisotopic (exact) mass is 458 g/mol. The van der Waals surface area contributed by atoms with Gasteiger partial charge in [0.15, 0.2) is 5.96 Å². The van der Waals surface area contributed by atoms with E-state index in [1.54, 1.807) is 0 Å². The first kappa shape index (κ1) is 21.7. The zero-order chi connectivity index (χ0) is 17.2. The number of rotatable bonds is 6. The van der Waals surface area contributed by atoms with E-state index in [1.807, 2.05) is 37.1 Å². The summed E-state index contributed by atoms with van der Waals surface area (Å²) in [6, 6.07) is 10.6. The van der Waals surface area contributed by atoms with Crippen LogP contribution in [0.4, 0.5) is 0 Å². The van der Waals surface area contributed by atoms with Crippen LogP contribution in [0.3, 0.4) is 0 Å². The van der Waals surface area contributed by atoms with Gasteiger partial charge in [0.05, 0.1) is 0 Å². The fourth-order valence-corrected chi connectivity index (χ4v) is 3.07. The molecule has 0 aromatic heterocycles. The molecule has 0 bridgehead atoms. The summed E-state index contributed by atoms with van der Waals surface area (Å²) >= 11 is 0. The van der Waals surface area contributed by atoms with Gasteiger partial charge in [-0.3, -0.25) is 4.79 Å². The van der Waals surface area contributed by atoms with Gasteiger partial charge in [0.25, 0.3) is 0 Å². The maximum atomic E-state index is 12.1. The maximum absolute atomic E-state index is 12.1. The van der Waals surface area contributed by atoms with E-state index in [9.17, 15) is 4.79 Å². The molecular weight excluding hydrogens is 427 g/mol. The fourth-order valence-electron chi connectivity index (χ4n) is 3.07. The summed E-state index contributed by atoms with van der Waals surface area (Å²) in [7, 11) is 1.99. The Labute approximate surface area is 168 Å². The Morgan fingerprint density at radius 3 is 2.52 bits per heavy atom. The molecule has 5 nitrogen and oxygen atoms in total. The third kappa shape index (κ3) is 8.07. The van der Waals surface area contributed by atoms with Crippen molar-refractivity contribution in [1.29, 1.82) is 0 Å². The van der Waals surface area contributed by atoms with Crippen molar-refractivity contribution in [3.63, 3.8) is 0 Å². The Hall–Kier alpha value is -1.31. The molecule has 0 saturated heterocycles. The highest BCUT2D eigenvalue weighted by Crippen LogP contribution is 2.17. The SMILES string of the molecule is CCNC(=NCC(=O)NC1CCCCC1)N(C)Cc1ccccc1.I. The number of carbonyl (C=O) groups excluding carboxylic acids is 1. The molecule has 0 radical (unpaired) electrons. The van der Waals surface area contributed by atoms with E-state index < -0.39 is 0 Å². The predicted molar refractivity (Wildman–Crippen MR) is 114 cm³/mol. The molecule has 0 atom stereocenters. The molecule has 1 aliphatic rings. The normalized spacial score (nSPS) is 15.2. The molecule has 0 unspecified atom stereocenters. The molecule has 25 heavy (non-hydrogen) atoms. The lowest BCUT2D eigenvalue weighted by molar-refractivity contribution is -0.120. The zero-order valence-corrected chi connectivity index (χ0v) is 17.7. The minimum Gasteiger partial charge on any atom is -0.357 e. The maximum Gasteiger partial charge on any atom is 0.242 e. The van der Waals surface area contributed by atoms with E-state index in [1.165, 1.54) is 24.8 Å². The topological polar surface area (TPSA) is 56.7 Å². The first-order chi connectivity index (χ1) is 11.7. The van der Waals surface area contributed by atoms with Gasteiger partial charge in [0.1, 0.15) is 6.54 Å². The molecule has 1 fully saturated rings.